The van der Waals surface area contributed by atoms with Crippen LogP contribution in [0.4, 0.5) is 0 Å². The van der Waals surface area contributed by atoms with Crippen molar-refractivity contribution in [3.63, 3.8) is 0 Å². The Morgan fingerprint density at radius 3 is 2.44 bits per heavy atom. The maximum atomic E-state index is 4.70. The third kappa shape index (κ3) is 1.88. The monoisotopic (exact) mass is 280 g/mol. The maximum absolute atomic E-state index is 4.70. The van der Waals surface area contributed by atoms with Gasteiger partial charge in [0.2, 0.25) is 0 Å². The summed E-state index contributed by atoms with van der Waals surface area (Å²) < 4.78 is 1.05. The maximum Gasteiger partial charge on any atom is 0.103 e. The Morgan fingerprint density at radius 1 is 1.19 bits per heavy atom. The number of rotatable bonds is 2. The zero-order valence-corrected chi connectivity index (χ0v) is 11.7. The smallest absolute Gasteiger partial charge is 0.103 e. The highest BCUT2D eigenvalue weighted by Crippen LogP contribution is 2.30. The molecule has 2 nitrogen and oxygen atoms in total. The summed E-state index contributed by atoms with van der Waals surface area (Å²) in [5.74, 6) is 0.970. The van der Waals surface area contributed by atoms with Gasteiger partial charge in [0.25, 0.3) is 0 Å². The highest BCUT2D eigenvalue weighted by atomic mass is 79.9. The molecule has 0 aliphatic rings. The van der Waals surface area contributed by atoms with Crippen LogP contribution in [0.25, 0.3) is 11.0 Å². The molecule has 0 saturated heterocycles. The van der Waals surface area contributed by atoms with Crippen LogP contribution < -0.4 is 0 Å². The number of hydrogen-bond acceptors (Lipinski definition) is 1. The number of aromatic nitrogens is 2. The van der Waals surface area contributed by atoms with Crippen LogP contribution in [0.1, 0.15) is 50.8 Å². The van der Waals surface area contributed by atoms with Crippen LogP contribution in [0.15, 0.2) is 16.7 Å². The minimum absolute atomic E-state index is 0.462. The van der Waals surface area contributed by atoms with Crippen LogP contribution in [0.3, 0.4) is 0 Å². The van der Waals surface area contributed by atoms with Gasteiger partial charge in [-0.15, -0.1) is 0 Å². The van der Waals surface area contributed by atoms with E-state index in [2.05, 4.69) is 54.7 Å². The highest BCUT2D eigenvalue weighted by molar-refractivity contribution is 9.10. The number of halogens is 1. The van der Waals surface area contributed by atoms with Gasteiger partial charge in [0.1, 0.15) is 5.52 Å². The molecule has 0 aliphatic heterocycles. The number of nitrogens with one attached hydrogen (secondary N) is 1. The summed E-state index contributed by atoms with van der Waals surface area (Å²) in [4.78, 5) is 7.99. The van der Waals surface area contributed by atoms with Crippen molar-refractivity contribution in [3.05, 3.63) is 28.0 Å². The fourth-order valence-electron chi connectivity index (χ4n) is 1.86. The Bertz CT molecular complexity index is 512. The van der Waals surface area contributed by atoms with Gasteiger partial charge in [-0.3, -0.25) is 0 Å². The summed E-state index contributed by atoms with van der Waals surface area (Å²) in [7, 11) is 0. The van der Waals surface area contributed by atoms with Gasteiger partial charge in [0, 0.05) is 11.9 Å². The number of nitrogens with zero attached hydrogens (tertiary/aromatic N) is 1. The molecule has 2 aromatic rings. The lowest BCUT2D eigenvalue weighted by molar-refractivity contribution is 0.810. The molecule has 0 saturated carbocycles. The van der Waals surface area contributed by atoms with Crippen molar-refractivity contribution in [2.24, 2.45) is 0 Å². The Kier molecular flexibility index (Phi) is 3.06. The largest absolute Gasteiger partial charge is 0.358 e. The lowest BCUT2D eigenvalue weighted by atomic mass is 9.99. The molecular weight excluding hydrogens is 264 g/mol. The van der Waals surface area contributed by atoms with Crippen LogP contribution in [0.2, 0.25) is 0 Å². The van der Waals surface area contributed by atoms with Gasteiger partial charge >= 0.3 is 0 Å². The summed E-state index contributed by atoms with van der Waals surface area (Å²) in [6, 6.07) is 2.22. The molecular formula is C13H17BrN2. The van der Waals surface area contributed by atoms with Gasteiger partial charge in [0.15, 0.2) is 0 Å². The second-order valence-electron chi connectivity index (χ2n) is 4.81. The van der Waals surface area contributed by atoms with Gasteiger partial charge in [-0.05, 0) is 39.4 Å². The average Bonchev–Trinajstić information content (AvgIpc) is 2.59. The quantitative estimate of drug-likeness (QED) is 0.858. The SMILES string of the molecule is CC(C)c1cc(C(C)C)c2[nH]cc(Br)c2n1. The van der Waals surface area contributed by atoms with Crippen molar-refractivity contribution < 1.29 is 0 Å². The molecule has 2 rings (SSSR count). The summed E-state index contributed by atoms with van der Waals surface area (Å²) >= 11 is 3.54. The number of hydrogen-bond donors (Lipinski definition) is 1. The molecule has 2 heterocycles. The Labute approximate surface area is 105 Å². The van der Waals surface area contributed by atoms with E-state index in [1.54, 1.807) is 0 Å². The third-order valence-corrected chi connectivity index (χ3v) is 3.46. The van der Waals surface area contributed by atoms with E-state index >= 15 is 0 Å². The molecule has 16 heavy (non-hydrogen) atoms. The number of aromatic amines is 1. The van der Waals surface area contributed by atoms with E-state index in [0.717, 1.165) is 21.2 Å². The van der Waals surface area contributed by atoms with Crippen molar-refractivity contribution in [1.82, 2.24) is 9.97 Å². The van der Waals surface area contributed by atoms with Gasteiger partial charge in [-0.1, -0.05) is 27.7 Å². The minimum Gasteiger partial charge on any atom is -0.358 e. The van der Waals surface area contributed by atoms with E-state index in [1.807, 2.05) is 6.20 Å². The fourth-order valence-corrected chi connectivity index (χ4v) is 2.27. The predicted molar refractivity (Wildman–Crippen MR) is 72.0 cm³/mol. The van der Waals surface area contributed by atoms with Crippen LogP contribution >= 0.6 is 15.9 Å². The van der Waals surface area contributed by atoms with Crippen molar-refractivity contribution in [1.29, 1.82) is 0 Å². The van der Waals surface area contributed by atoms with Crippen LogP contribution in [0.5, 0.6) is 0 Å². The molecule has 0 spiro atoms. The number of pyridine rings is 1. The second kappa shape index (κ2) is 4.21. The molecule has 1 N–H and O–H groups in total. The molecule has 0 amide bonds. The van der Waals surface area contributed by atoms with Gasteiger partial charge in [-0.2, -0.15) is 0 Å². The van der Waals surface area contributed by atoms with Crippen molar-refractivity contribution in [2.45, 2.75) is 39.5 Å². The van der Waals surface area contributed by atoms with E-state index in [4.69, 9.17) is 4.98 Å². The van der Waals surface area contributed by atoms with E-state index in [-0.39, 0.29) is 0 Å². The summed E-state index contributed by atoms with van der Waals surface area (Å²) in [5, 5.41) is 0. The Balaban J connectivity index is 2.75. The molecule has 0 atom stereocenters. The topological polar surface area (TPSA) is 28.7 Å². The normalized spacial score (nSPS) is 11.9. The fraction of sp³-hybridized carbons (Fsp3) is 0.462. The first kappa shape index (κ1) is 11.6. The standard InChI is InChI=1S/C13H17BrN2/c1-7(2)9-5-11(8(3)4)16-13-10(14)6-15-12(9)13/h5-8,15H,1-4H3. The highest BCUT2D eigenvalue weighted by Gasteiger charge is 2.13. The van der Waals surface area contributed by atoms with Crippen molar-refractivity contribution in [2.75, 3.05) is 0 Å². The number of H-pyrrole nitrogens is 1. The van der Waals surface area contributed by atoms with Crippen molar-refractivity contribution >= 4 is 27.0 Å². The summed E-state index contributed by atoms with van der Waals surface area (Å²) in [6.45, 7) is 8.79. The summed E-state index contributed by atoms with van der Waals surface area (Å²) in [6.07, 6.45) is 1.97. The van der Waals surface area contributed by atoms with Crippen LogP contribution in [0, 0.1) is 0 Å². The molecule has 2 aromatic heterocycles. The molecule has 0 fully saturated rings. The van der Waals surface area contributed by atoms with E-state index in [0.29, 0.717) is 11.8 Å². The average molecular weight is 281 g/mol. The van der Waals surface area contributed by atoms with Gasteiger partial charge in [-0.25, -0.2) is 4.98 Å². The molecule has 0 bridgehead atoms. The summed E-state index contributed by atoms with van der Waals surface area (Å²) in [5.41, 5.74) is 4.72. The molecule has 0 radical (unpaired) electrons. The minimum atomic E-state index is 0.462. The third-order valence-electron chi connectivity index (χ3n) is 2.85. The van der Waals surface area contributed by atoms with E-state index in [9.17, 15) is 0 Å². The lowest BCUT2D eigenvalue weighted by Gasteiger charge is -2.11. The molecule has 3 heteroatoms. The zero-order chi connectivity index (χ0) is 11.9. The van der Waals surface area contributed by atoms with Crippen molar-refractivity contribution in [3.8, 4) is 0 Å². The second-order valence-corrected chi connectivity index (χ2v) is 5.66. The van der Waals surface area contributed by atoms with Gasteiger partial charge < -0.3 is 4.98 Å². The molecule has 0 aliphatic carbocycles. The molecule has 0 unspecified atom stereocenters. The lowest BCUT2D eigenvalue weighted by Crippen LogP contribution is -1.98. The van der Waals surface area contributed by atoms with E-state index in [1.165, 1.54) is 5.56 Å². The first-order chi connectivity index (χ1) is 7.50. The predicted octanol–water partition coefficient (Wildman–Crippen LogP) is 4.57. The Hall–Kier alpha value is -0.830. The first-order valence-corrected chi connectivity index (χ1v) is 6.47. The van der Waals surface area contributed by atoms with E-state index < -0.39 is 0 Å². The van der Waals surface area contributed by atoms with Crippen LogP contribution in [-0.4, -0.2) is 9.97 Å². The molecule has 0 aromatic carbocycles. The van der Waals surface area contributed by atoms with Gasteiger partial charge in [0.05, 0.1) is 9.99 Å². The van der Waals surface area contributed by atoms with Crippen LogP contribution in [-0.2, 0) is 0 Å². The molecule has 86 valence electrons. The Morgan fingerprint density at radius 2 is 1.88 bits per heavy atom. The zero-order valence-electron chi connectivity index (χ0n) is 10.1. The first-order valence-electron chi connectivity index (χ1n) is 5.68. The number of fused-ring (bicyclic) bond motifs is 1.